The van der Waals surface area contributed by atoms with Crippen LogP contribution in [-0.2, 0) is 27.8 Å². The van der Waals surface area contributed by atoms with Gasteiger partial charge in [0.25, 0.3) is 0 Å². The minimum absolute atomic E-state index is 0.0391. The summed E-state index contributed by atoms with van der Waals surface area (Å²) in [5, 5.41) is 11.7. The Hall–Kier alpha value is -1.92. The van der Waals surface area contributed by atoms with E-state index in [0.29, 0.717) is 11.1 Å². The highest BCUT2D eigenvalue weighted by atomic mass is 32.2. The molecule has 1 aromatic heterocycles. The van der Waals surface area contributed by atoms with E-state index in [2.05, 4.69) is 74.2 Å². The van der Waals surface area contributed by atoms with Crippen LogP contribution in [0.1, 0.15) is 138 Å². The van der Waals surface area contributed by atoms with Crippen LogP contribution >= 0.6 is 0 Å². The van der Waals surface area contributed by atoms with Gasteiger partial charge in [0, 0.05) is 12.3 Å². The highest BCUT2D eigenvalue weighted by Gasteiger charge is 2.61. The van der Waals surface area contributed by atoms with Gasteiger partial charge in [0.05, 0.1) is 6.61 Å². The molecular weight excluding hydrogens is 693 g/mol. The van der Waals surface area contributed by atoms with Gasteiger partial charge in [0.15, 0.2) is 6.23 Å². The Morgan fingerprint density at radius 3 is 1.80 bits per heavy atom. The summed E-state index contributed by atoms with van der Waals surface area (Å²) in [5.74, 6) is -0.364. The van der Waals surface area contributed by atoms with E-state index in [1.165, 1.54) is 12.3 Å². The molecule has 0 unspecified atom stereocenters. The first-order valence-corrected chi connectivity index (χ1v) is 23.5. The number of aliphatic hydroxyl groups excluding tert-OH is 1. The van der Waals surface area contributed by atoms with E-state index in [1.807, 2.05) is 39.8 Å². The minimum atomic E-state index is -4.38. The number of rotatable bonds is 11. The smallest absolute Gasteiger partial charge is 0.353 e. The summed E-state index contributed by atoms with van der Waals surface area (Å²) in [6, 6.07) is 5.15. The molecule has 1 N–H and O–H groups in total. The second-order valence-electron chi connectivity index (χ2n) is 16.1. The van der Waals surface area contributed by atoms with Crippen LogP contribution in [0, 0.1) is 0 Å². The van der Waals surface area contributed by atoms with E-state index in [9.17, 15) is 18.3 Å². The van der Waals surface area contributed by atoms with E-state index in [1.54, 1.807) is 0 Å². The number of nitrogens with zero attached hydrogens (tertiary/aromatic N) is 2. The standard InChI is InChI=1S/C36H60N2O9SSi2/c1-20(2)27-17-28(21(3)4)34(29(18-27)22(5)6)48(41,42)45-31-15-16-38(36(40)37-31)35-32(39)33-30(44-35)19-43-49(23(7)8,24(9)10)47-50(46-33,25(11)12)26(13)14/h15-18,20-26,30,32-33,35,39H,19H2,1-14H3/t30-,32-,33-,35-/m1/s1. The molecule has 4 atom stereocenters. The van der Waals surface area contributed by atoms with E-state index in [4.69, 9.17) is 21.9 Å². The van der Waals surface area contributed by atoms with Gasteiger partial charge < -0.3 is 27.0 Å². The summed E-state index contributed by atoms with van der Waals surface area (Å²) < 4.78 is 61.9. The molecule has 0 spiro atoms. The fraction of sp³-hybridized carbons (Fsp3) is 0.722. The molecule has 2 saturated heterocycles. The molecule has 0 aliphatic carbocycles. The van der Waals surface area contributed by atoms with Crippen LogP contribution in [-0.4, -0.2) is 65.1 Å². The summed E-state index contributed by atoms with van der Waals surface area (Å²) in [7, 11) is -10.3. The molecule has 2 aromatic rings. The molecule has 2 fully saturated rings. The quantitative estimate of drug-likeness (QED) is 0.181. The first-order valence-electron chi connectivity index (χ1n) is 18.2. The number of hydrogen-bond acceptors (Lipinski definition) is 10. The van der Waals surface area contributed by atoms with Crippen LogP contribution in [0.2, 0.25) is 22.2 Å². The number of benzene rings is 1. The van der Waals surface area contributed by atoms with Crippen molar-refractivity contribution in [1.82, 2.24) is 9.55 Å². The zero-order valence-corrected chi connectivity index (χ0v) is 35.2. The van der Waals surface area contributed by atoms with Crippen LogP contribution in [0.4, 0.5) is 0 Å². The Labute approximate surface area is 301 Å². The Bertz CT molecular complexity index is 1630. The van der Waals surface area contributed by atoms with Crippen molar-refractivity contribution in [2.24, 2.45) is 0 Å². The summed E-state index contributed by atoms with van der Waals surface area (Å²) in [5.41, 5.74) is 1.86. The molecule has 4 rings (SSSR count). The van der Waals surface area contributed by atoms with Gasteiger partial charge in [-0.15, -0.1) is 0 Å². The topological polar surface area (TPSA) is 135 Å². The molecule has 11 nitrogen and oxygen atoms in total. The maximum absolute atomic E-state index is 13.9. The third kappa shape index (κ3) is 7.59. The third-order valence-electron chi connectivity index (χ3n) is 10.2. The van der Waals surface area contributed by atoms with Crippen molar-refractivity contribution in [3.05, 3.63) is 51.6 Å². The van der Waals surface area contributed by atoms with Gasteiger partial charge in [0.1, 0.15) is 23.2 Å². The molecule has 0 radical (unpaired) electrons. The molecule has 2 aliphatic rings. The predicted molar refractivity (Wildman–Crippen MR) is 199 cm³/mol. The van der Waals surface area contributed by atoms with Crippen molar-refractivity contribution in [2.45, 2.75) is 166 Å². The van der Waals surface area contributed by atoms with Crippen LogP contribution in [0.25, 0.3) is 0 Å². The van der Waals surface area contributed by atoms with Crippen molar-refractivity contribution in [2.75, 3.05) is 6.61 Å². The molecule has 14 heteroatoms. The van der Waals surface area contributed by atoms with E-state index in [-0.39, 0.29) is 57.3 Å². The highest BCUT2D eigenvalue weighted by molar-refractivity contribution is 7.87. The highest BCUT2D eigenvalue weighted by Crippen LogP contribution is 2.48. The molecular formula is C36H60N2O9SSi2. The van der Waals surface area contributed by atoms with Crippen LogP contribution < -0.4 is 9.87 Å². The van der Waals surface area contributed by atoms with Crippen LogP contribution in [0.3, 0.4) is 0 Å². The second-order valence-corrected chi connectivity index (χ2v) is 26.4. The van der Waals surface area contributed by atoms with Crippen molar-refractivity contribution in [1.29, 1.82) is 0 Å². The monoisotopic (exact) mass is 752 g/mol. The van der Waals surface area contributed by atoms with Crippen molar-refractivity contribution >= 4 is 27.2 Å². The van der Waals surface area contributed by atoms with Gasteiger partial charge in [-0.2, -0.15) is 13.4 Å². The molecule has 282 valence electrons. The average Bonchev–Trinajstić information content (AvgIpc) is 3.28. The molecule has 2 aliphatic heterocycles. The fourth-order valence-electron chi connectivity index (χ4n) is 7.34. The number of aliphatic hydroxyl groups is 1. The van der Waals surface area contributed by atoms with E-state index in [0.717, 1.165) is 10.1 Å². The van der Waals surface area contributed by atoms with Crippen LogP contribution in [0.15, 0.2) is 34.1 Å². The SMILES string of the molecule is CC(C)c1cc(C(C)C)c(S(=O)(=O)Oc2ccn([C@@H]3O[C@@H]4CO[Si](C(C)C)(C(C)C)O[Si](C(C)C)(C(C)C)O[C@H]4[C@H]3O)c(=O)n2)c(C(C)C)c1. The minimum Gasteiger partial charge on any atom is -0.414 e. The van der Waals surface area contributed by atoms with Gasteiger partial charge >= 0.3 is 32.9 Å². The van der Waals surface area contributed by atoms with Gasteiger partial charge in [-0.1, -0.05) is 109 Å². The maximum Gasteiger partial charge on any atom is 0.353 e. The van der Waals surface area contributed by atoms with Crippen molar-refractivity contribution in [3.63, 3.8) is 0 Å². The lowest BCUT2D eigenvalue weighted by atomic mass is 9.89. The van der Waals surface area contributed by atoms with Crippen molar-refractivity contribution < 1.29 is 35.4 Å². The van der Waals surface area contributed by atoms with Gasteiger partial charge in [0.2, 0.25) is 5.88 Å². The summed E-state index contributed by atoms with van der Waals surface area (Å²) >= 11 is 0. The van der Waals surface area contributed by atoms with Gasteiger partial charge in [-0.3, -0.25) is 4.57 Å². The molecule has 1 aromatic carbocycles. The van der Waals surface area contributed by atoms with Gasteiger partial charge in [-0.05, 0) is 56.6 Å². The Morgan fingerprint density at radius 2 is 1.36 bits per heavy atom. The second kappa shape index (κ2) is 15.2. The molecule has 50 heavy (non-hydrogen) atoms. The third-order valence-corrected chi connectivity index (χ3v) is 21.9. The first-order chi connectivity index (χ1) is 23.1. The zero-order valence-electron chi connectivity index (χ0n) is 32.4. The lowest BCUT2D eigenvalue weighted by molar-refractivity contribution is -0.0601. The summed E-state index contributed by atoms with van der Waals surface area (Å²) in [6.45, 7) is 28.9. The van der Waals surface area contributed by atoms with Gasteiger partial charge in [-0.25, -0.2) is 4.79 Å². The number of aromatic nitrogens is 2. The zero-order chi connectivity index (χ0) is 37.7. The fourth-order valence-corrected chi connectivity index (χ4v) is 20.1. The molecule has 0 amide bonds. The van der Waals surface area contributed by atoms with Crippen LogP contribution in [0.5, 0.6) is 5.88 Å². The van der Waals surface area contributed by atoms with Crippen molar-refractivity contribution in [3.8, 4) is 5.88 Å². The first kappa shape index (κ1) is 40.8. The summed E-state index contributed by atoms with van der Waals surface area (Å²) in [6.07, 6.45) is -2.55. The van der Waals surface area contributed by atoms with E-state index >= 15 is 0 Å². The lowest BCUT2D eigenvalue weighted by Crippen LogP contribution is -2.65. The largest absolute Gasteiger partial charge is 0.414 e. The Balaban J connectivity index is 1.70. The Kier molecular flexibility index (Phi) is 12.4. The molecule has 0 saturated carbocycles. The Morgan fingerprint density at radius 1 is 0.840 bits per heavy atom. The predicted octanol–water partition coefficient (Wildman–Crippen LogP) is 7.60. The van der Waals surface area contributed by atoms with E-state index < -0.39 is 57.5 Å². The number of ether oxygens (including phenoxy) is 1. The number of hydrogen-bond donors (Lipinski definition) is 1. The molecule has 0 bridgehead atoms. The normalized spacial score (nSPS) is 24.1. The summed E-state index contributed by atoms with van der Waals surface area (Å²) in [4.78, 5) is 17.6. The number of fused-ring (bicyclic) bond motifs is 1. The average molecular weight is 753 g/mol. The molecule has 3 heterocycles. The maximum atomic E-state index is 13.9. The lowest BCUT2D eigenvalue weighted by Gasteiger charge is -2.51.